The van der Waals surface area contributed by atoms with Crippen LogP contribution in [0.25, 0.3) is 22.2 Å². The lowest BCUT2D eigenvalue weighted by Gasteiger charge is -2.14. The molecule has 0 radical (unpaired) electrons. The number of halogens is 1. The van der Waals surface area contributed by atoms with E-state index in [0.717, 1.165) is 0 Å². The van der Waals surface area contributed by atoms with E-state index in [4.69, 9.17) is 14.2 Å². The van der Waals surface area contributed by atoms with Crippen LogP contribution in [0.4, 0.5) is 4.39 Å². The summed E-state index contributed by atoms with van der Waals surface area (Å²) in [6.07, 6.45) is -0.268. The van der Waals surface area contributed by atoms with Crippen LogP contribution in [0.1, 0.15) is 5.56 Å². The van der Waals surface area contributed by atoms with Crippen LogP contribution >= 0.6 is 0 Å². The fraction of sp³-hybridized carbons (Fsp3) is 0.211. The summed E-state index contributed by atoms with van der Waals surface area (Å²) >= 11 is 0. The molecule has 2 aromatic carbocycles. The number of hydrogen-bond donors (Lipinski definition) is 2. The van der Waals surface area contributed by atoms with Crippen LogP contribution in [0.2, 0.25) is 0 Å². The lowest BCUT2D eigenvalue weighted by atomic mass is 10.0. The van der Waals surface area contributed by atoms with Crippen LogP contribution in [0.3, 0.4) is 0 Å². The zero-order chi connectivity index (χ0) is 18.8. The summed E-state index contributed by atoms with van der Waals surface area (Å²) in [5, 5.41) is 9.82. The highest BCUT2D eigenvalue weighted by Gasteiger charge is 2.21. The standard InChI is InChI=1S/C19H18FNO5/c1-24-15-9-17(26-3)16(25-2)7-13(15)19-12(8-18(22)23)11-6-10(20)4-5-14(11)21-19/h4-7,9,21H,8H2,1-3H3,(H,22,23). The van der Waals surface area contributed by atoms with E-state index in [9.17, 15) is 14.3 Å². The fourth-order valence-corrected chi connectivity index (χ4v) is 3.01. The number of rotatable bonds is 6. The Balaban J connectivity index is 2.32. The van der Waals surface area contributed by atoms with Gasteiger partial charge in [-0.15, -0.1) is 0 Å². The van der Waals surface area contributed by atoms with Crippen molar-refractivity contribution in [3.05, 3.63) is 41.7 Å². The number of benzene rings is 2. The first-order valence-corrected chi connectivity index (χ1v) is 7.80. The summed E-state index contributed by atoms with van der Waals surface area (Å²) in [6, 6.07) is 7.57. The van der Waals surface area contributed by atoms with Crippen molar-refractivity contribution in [3.63, 3.8) is 0 Å². The van der Waals surface area contributed by atoms with Gasteiger partial charge in [-0.25, -0.2) is 4.39 Å². The molecule has 2 N–H and O–H groups in total. The number of hydrogen-bond acceptors (Lipinski definition) is 4. The van der Waals surface area contributed by atoms with E-state index in [0.29, 0.717) is 45.0 Å². The number of fused-ring (bicyclic) bond motifs is 1. The Morgan fingerprint density at radius 3 is 2.31 bits per heavy atom. The summed E-state index contributed by atoms with van der Waals surface area (Å²) in [4.78, 5) is 14.5. The summed E-state index contributed by atoms with van der Waals surface area (Å²) in [5.41, 5.74) is 2.23. The van der Waals surface area contributed by atoms with Crippen LogP contribution in [0.15, 0.2) is 30.3 Å². The molecule has 6 nitrogen and oxygen atoms in total. The number of ether oxygens (including phenoxy) is 3. The van der Waals surface area contributed by atoms with E-state index in [1.807, 2.05) is 0 Å². The minimum Gasteiger partial charge on any atom is -0.496 e. The minimum absolute atomic E-state index is 0.268. The molecule has 136 valence electrons. The van der Waals surface area contributed by atoms with Crippen LogP contribution in [0.5, 0.6) is 17.2 Å². The number of nitrogens with one attached hydrogen (secondary N) is 1. The fourth-order valence-electron chi connectivity index (χ4n) is 3.01. The van der Waals surface area contributed by atoms with Gasteiger partial charge in [0, 0.05) is 22.5 Å². The van der Waals surface area contributed by atoms with E-state index in [2.05, 4.69) is 4.98 Å². The molecule has 0 spiro atoms. The van der Waals surface area contributed by atoms with Gasteiger partial charge < -0.3 is 24.3 Å². The summed E-state index contributed by atoms with van der Waals surface area (Å²) < 4.78 is 29.8. The Hall–Kier alpha value is -3.22. The average Bonchev–Trinajstić information content (AvgIpc) is 2.97. The zero-order valence-corrected chi connectivity index (χ0v) is 14.6. The first-order chi connectivity index (χ1) is 12.5. The molecule has 3 rings (SSSR count). The van der Waals surface area contributed by atoms with Gasteiger partial charge in [-0.1, -0.05) is 0 Å². The molecule has 0 fully saturated rings. The van der Waals surface area contributed by atoms with Crippen LogP contribution in [0, 0.1) is 5.82 Å². The molecule has 26 heavy (non-hydrogen) atoms. The van der Waals surface area contributed by atoms with Gasteiger partial charge in [0.2, 0.25) is 0 Å². The Bertz CT molecular complexity index is 980. The van der Waals surface area contributed by atoms with Crippen molar-refractivity contribution < 1.29 is 28.5 Å². The van der Waals surface area contributed by atoms with Crippen molar-refractivity contribution in [1.82, 2.24) is 4.98 Å². The molecule has 1 aromatic heterocycles. The van der Waals surface area contributed by atoms with Crippen molar-refractivity contribution in [2.75, 3.05) is 21.3 Å². The normalized spacial score (nSPS) is 10.8. The monoisotopic (exact) mass is 359 g/mol. The van der Waals surface area contributed by atoms with E-state index >= 15 is 0 Å². The first kappa shape index (κ1) is 17.6. The molecule has 0 atom stereocenters. The van der Waals surface area contributed by atoms with Gasteiger partial charge in [-0.05, 0) is 29.8 Å². The topological polar surface area (TPSA) is 80.8 Å². The molecule has 7 heteroatoms. The third-order valence-electron chi connectivity index (χ3n) is 4.17. The number of aromatic amines is 1. The molecule has 0 unspecified atom stereocenters. The number of H-pyrrole nitrogens is 1. The molecule has 0 amide bonds. The molecular weight excluding hydrogens is 341 g/mol. The summed E-state index contributed by atoms with van der Waals surface area (Å²) in [6.45, 7) is 0. The zero-order valence-electron chi connectivity index (χ0n) is 14.6. The van der Waals surface area contributed by atoms with Gasteiger partial charge in [0.05, 0.1) is 33.4 Å². The largest absolute Gasteiger partial charge is 0.496 e. The number of carboxylic acid groups (broad SMARTS) is 1. The lowest BCUT2D eigenvalue weighted by molar-refractivity contribution is -0.136. The third-order valence-corrected chi connectivity index (χ3v) is 4.17. The van der Waals surface area contributed by atoms with Gasteiger partial charge in [-0.2, -0.15) is 0 Å². The SMILES string of the molecule is COc1cc(OC)c(-c2[nH]c3ccc(F)cc3c2CC(=O)O)cc1OC. The van der Waals surface area contributed by atoms with Crippen LogP contribution in [-0.2, 0) is 11.2 Å². The lowest BCUT2D eigenvalue weighted by Crippen LogP contribution is -2.02. The Kier molecular flexibility index (Phi) is 4.71. The maximum absolute atomic E-state index is 13.7. The van der Waals surface area contributed by atoms with Crippen molar-refractivity contribution in [2.45, 2.75) is 6.42 Å². The Labute approximate surface area is 149 Å². The van der Waals surface area contributed by atoms with E-state index in [-0.39, 0.29) is 6.42 Å². The van der Waals surface area contributed by atoms with Crippen LogP contribution < -0.4 is 14.2 Å². The maximum Gasteiger partial charge on any atom is 0.307 e. The minimum atomic E-state index is -1.02. The van der Waals surface area contributed by atoms with Gasteiger partial charge >= 0.3 is 5.97 Å². The third kappa shape index (κ3) is 3.03. The summed E-state index contributed by atoms with van der Waals surface area (Å²) in [7, 11) is 4.52. The second-order valence-electron chi connectivity index (χ2n) is 5.65. The van der Waals surface area contributed by atoms with Gasteiger partial charge in [0.1, 0.15) is 11.6 Å². The molecular formula is C19H18FNO5. The van der Waals surface area contributed by atoms with Crippen LogP contribution in [-0.4, -0.2) is 37.4 Å². The highest BCUT2D eigenvalue weighted by molar-refractivity contribution is 5.95. The number of aliphatic carboxylic acids is 1. The molecule has 0 saturated carbocycles. The maximum atomic E-state index is 13.7. The second-order valence-corrected chi connectivity index (χ2v) is 5.65. The molecule has 0 aliphatic rings. The van der Waals surface area contributed by atoms with E-state index in [1.54, 1.807) is 18.2 Å². The van der Waals surface area contributed by atoms with Crippen molar-refractivity contribution in [2.24, 2.45) is 0 Å². The average molecular weight is 359 g/mol. The number of carboxylic acids is 1. The number of aromatic nitrogens is 1. The Morgan fingerprint density at radius 2 is 1.69 bits per heavy atom. The Morgan fingerprint density at radius 1 is 1.04 bits per heavy atom. The van der Waals surface area contributed by atoms with E-state index in [1.165, 1.54) is 33.5 Å². The van der Waals surface area contributed by atoms with Crippen molar-refractivity contribution >= 4 is 16.9 Å². The molecule has 0 aliphatic carbocycles. The van der Waals surface area contributed by atoms with Crippen molar-refractivity contribution in [3.8, 4) is 28.5 Å². The first-order valence-electron chi connectivity index (χ1n) is 7.80. The highest BCUT2D eigenvalue weighted by Crippen LogP contribution is 2.42. The highest BCUT2D eigenvalue weighted by atomic mass is 19.1. The van der Waals surface area contributed by atoms with Crippen molar-refractivity contribution in [1.29, 1.82) is 0 Å². The molecule has 3 aromatic rings. The quantitative estimate of drug-likeness (QED) is 0.702. The second kappa shape index (κ2) is 6.95. The van der Waals surface area contributed by atoms with Gasteiger partial charge in [0.25, 0.3) is 0 Å². The van der Waals surface area contributed by atoms with E-state index < -0.39 is 11.8 Å². The number of carbonyl (C=O) groups is 1. The molecule has 1 heterocycles. The summed E-state index contributed by atoms with van der Waals surface area (Å²) in [5.74, 6) is -0.0319. The van der Waals surface area contributed by atoms with Gasteiger partial charge in [0.15, 0.2) is 11.5 Å². The predicted molar refractivity (Wildman–Crippen MR) is 94.7 cm³/mol. The molecule has 0 saturated heterocycles. The number of methoxy groups -OCH3 is 3. The molecule has 0 bridgehead atoms. The van der Waals surface area contributed by atoms with Gasteiger partial charge in [-0.3, -0.25) is 4.79 Å². The smallest absolute Gasteiger partial charge is 0.307 e. The predicted octanol–water partition coefficient (Wildman–Crippen LogP) is 3.63. The molecule has 0 aliphatic heterocycles.